The number of nitrogens with zero attached hydrogens (tertiary/aromatic N) is 1. The predicted octanol–water partition coefficient (Wildman–Crippen LogP) is 2.57. The fourth-order valence-corrected chi connectivity index (χ4v) is 1.77. The predicted molar refractivity (Wildman–Crippen MR) is 80.9 cm³/mol. The first kappa shape index (κ1) is 17.4. The molecule has 0 aliphatic rings. The molecule has 0 bridgehead atoms. The summed E-state index contributed by atoms with van der Waals surface area (Å²) in [5, 5.41) is 9.12. The van der Waals surface area contributed by atoms with Crippen LogP contribution in [0, 0.1) is 11.3 Å². The van der Waals surface area contributed by atoms with Gasteiger partial charge in [-0.3, -0.25) is 0 Å². The normalized spacial score (nSPS) is 10.9. The van der Waals surface area contributed by atoms with Crippen LogP contribution in [0.1, 0.15) is 19.4 Å². The summed E-state index contributed by atoms with van der Waals surface area (Å²) in [6.07, 6.45) is 1.11. The lowest BCUT2D eigenvalue weighted by atomic mass is 10.1. The highest BCUT2D eigenvalue weighted by molar-refractivity contribution is 5.98. The lowest BCUT2D eigenvalue weighted by Gasteiger charge is -2.13. The van der Waals surface area contributed by atoms with Crippen molar-refractivity contribution in [2.75, 3.05) is 21.3 Å². The fourth-order valence-electron chi connectivity index (χ4n) is 1.77. The Morgan fingerprint density at radius 1 is 1.14 bits per heavy atom. The van der Waals surface area contributed by atoms with Crippen LogP contribution < -0.4 is 14.2 Å². The lowest BCUT2D eigenvalue weighted by Crippen LogP contribution is -2.12. The van der Waals surface area contributed by atoms with Crippen molar-refractivity contribution < 1.29 is 23.7 Å². The molecule has 0 N–H and O–H groups in total. The SMILES string of the molecule is COc1cc(/C=C(/C#N)C(=O)OC(C)C)cc(OC)c1OC. The van der Waals surface area contributed by atoms with E-state index in [-0.39, 0.29) is 11.7 Å². The Morgan fingerprint density at radius 2 is 1.68 bits per heavy atom. The number of ether oxygens (including phenoxy) is 4. The van der Waals surface area contributed by atoms with E-state index in [0.717, 1.165) is 0 Å². The molecular formula is C16H19NO5. The van der Waals surface area contributed by atoms with Crippen LogP contribution >= 0.6 is 0 Å². The molecule has 22 heavy (non-hydrogen) atoms. The summed E-state index contributed by atoms with van der Waals surface area (Å²) >= 11 is 0. The van der Waals surface area contributed by atoms with Gasteiger partial charge in [0.2, 0.25) is 5.75 Å². The molecule has 0 spiro atoms. The molecule has 0 saturated carbocycles. The van der Waals surface area contributed by atoms with Gasteiger partial charge in [0.25, 0.3) is 0 Å². The summed E-state index contributed by atoms with van der Waals surface area (Å²) in [6, 6.07) is 5.11. The van der Waals surface area contributed by atoms with Crippen LogP contribution in [-0.2, 0) is 9.53 Å². The smallest absolute Gasteiger partial charge is 0.349 e. The number of carbonyl (C=O) groups is 1. The molecule has 1 rings (SSSR count). The van der Waals surface area contributed by atoms with Crippen molar-refractivity contribution in [2.24, 2.45) is 0 Å². The average Bonchev–Trinajstić information content (AvgIpc) is 2.50. The monoisotopic (exact) mass is 305 g/mol. The minimum atomic E-state index is -0.675. The van der Waals surface area contributed by atoms with Gasteiger partial charge < -0.3 is 18.9 Å². The summed E-state index contributed by atoms with van der Waals surface area (Å²) in [4.78, 5) is 11.8. The number of hydrogen-bond donors (Lipinski definition) is 0. The topological polar surface area (TPSA) is 77.8 Å². The minimum absolute atomic E-state index is 0.108. The second-order valence-electron chi connectivity index (χ2n) is 4.58. The summed E-state index contributed by atoms with van der Waals surface area (Å²) in [5.41, 5.74) is 0.453. The maximum absolute atomic E-state index is 11.8. The number of carbonyl (C=O) groups excluding carboxylic acids is 1. The Hall–Kier alpha value is -2.68. The molecule has 0 aromatic heterocycles. The van der Waals surface area contributed by atoms with Gasteiger partial charge in [-0.25, -0.2) is 4.79 Å². The fraction of sp³-hybridized carbons (Fsp3) is 0.375. The summed E-state index contributed by atoms with van der Waals surface area (Å²) in [5.74, 6) is 0.627. The molecule has 1 aromatic carbocycles. The Labute approximate surface area is 129 Å². The zero-order chi connectivity index (χ0) is 16.7. The summed E-state index contributed by atoms with van der Waals surface area (Å²) in [7, 11) is 4.47. The molecular weight excluding hydrogens is 286 g/mol. The number of nitriles is 1. The van der Waals surface area contributed by atoms with Crippen LogP contribution in [0.3, 0.4) is 0 Å². The van der Waals surface area contributed by atoms with Gasteiger partial charge in [-0.2, -0.15) is 5.26 Å². The molecule has 0 aliphatic heterocycles. The van der Waals surface area contributed by atoms with Crippen LogP contribution in [0.25, 0.3) is 6.08 Å². The maximum Gasteiger partial charge on any atom is 0.349 e. The van der Waals surface area contributed by atoms with E-state index in [1.807, 2.05) is 6.07 Å². The molecule has 0 amide bonds. The second kappa shape index (κ2) is 7.93. The van der Waals surface area contributed by atoms with Crippen LogP contribution in [0.2, 0.25) is 0 Å². The van der Waals surface area contributed by atoms with Crippen molar-refractivity contribution in [3.05, 3.63) is 23.3 Å². The molecule has 0 fully saturated rings. The lowest BCUT2D eigenvalue weighted by molar-refractivity contribution is -0.142. The van der Waals surface area contributed by atoms with Gasteiger partial charge >= 0.3 is 5.97 Å². The Bertz CT molecular complexity index is 588. The van der Waals surface area contributed by atoms with Crippen LogP contribution in [-0.4, -0.2) is 33.4 Å². The summed E-state index contributed by atoms with van der Waals surface area (Å²) < 4.78 is 20.7. The van der Waals surface area contributed by atoms with Crippen molar-refractivity contribution >= 4 is 12.0 Å². The van der Waals surface area contributed by atoms with E-state index in [2.05, 4.69) is 0 Å². The molecule has 0 saturated heterocycles. The largest absolute Gasteiger partial charge is 0.493 e. The Balaban J connectivity index is 3.28. The molecule has 0 aliphatic carbocycles. The van der Waals surface area contributed by atoms with Crippen LogP contribution in [0.4, 0.5) is 0 Å². The van der Waals surface area contributed by atoms with E-state index >= 15 is 0 Å². The van der Waals surface area contributed by atoms with E-state index in [9.17, 15) is 4.79 Å². The van der Waals surface area contributed by atoms with Gasteiger partial charge in [0.1, 0.15) is 11.6 Å². The first-order chi connectivity index (χ1) is 10.5. The Kier molecular flexibility index (Phi) is 6.26. The zero-order valence-electron chi connectivity index (χ0n) is 13.3. The van der Waals surface area contributed by atoms with Crippen molar-refractivity contribution in [3.8, 4) is 23.3 Å². The molecule has 0 unspecified atom stereocenters. The molecule has 0 radical (unpaired) electrons. The van der Waals surface area contributed by atoms with Gasteiger partial charge in [-0.15, -0.1) is 0 Å². The van der Waals surface area contributed by atoms with Crippen LogP contribution in [0.15, 0.2) is 17.7 Å². The van der Waals surface area contributed by atoms with E-state index in [1.165, 1.54) is 27.4 Å². The standard InChI is InChI=1S/C16H19NO5/c1-10(2)22-16(18)12(9-17)6-11-7-13(19-3)15(21-5)14(8-11)20-4/h6-8,10H,1-5H3/b12-6-. The molecule has 0 atom stereocenters. The third kappa shape index (κ3) is 4.16. The van der Waals surface area contributed by atoms with Gasteiger partial charge in [0, 0.05) is 0 Å². The number of rotatable bonds is 6. The number of benzene rings is 1. The summed E-state index contributed by atoms with van der Waals surface area (Å²) in [6.45, 7) is 3.43. The Morgan fingerprint density at radius 3 is 2.05 bits per heavy atom. The second-order valence-corrected chi connectivity index (χ2v) is 4.58. The van der Waals surface area contributed by atoms with Gasteiger partial charge in [0.15, 0.2) is 11.5 Å². The molecule has 1 aromatic rings. The van der Waals surface area contributed by atoms with Crippen molar-refractivity contribution in [3.63, 3.8) is 0 Å². The first-order valence-electron chi connectivity index (χ1n) is 6.59. The van der Waals surface area contributed by atoms with E-state index < -0.39 is 5.97 Å². The number of hydrogen-bond acceptors (Lipinski definition) is 6. The van der Waals surface area contributed by atoms with Crippen LogP contribution in [0.5, 0.6) is 17.2 Å². The molecule has 6 heteroatoms. The van der Waals surface area contributed by atoms with Gasteiger partial charge in [-0.1, -0.05) is 0 Å². The van der Waals surface area contributed by atoms with Crippen molar-refractivity contribution in [1.29, 1.82) is 5.26 Å². The van der Waals surface area contributed by atoms with E-state index in [1.54, 1.807) is 26.0 Å². The van der Waals surface area contributed by atoms with Crippen molar-refractivity contribution in [1.82, 2.24) is 0 Å². The number of esters is 1. The first-order valence-corrected chi connectivity index (χ1v) is 6.59. The highest BCUT2D eigenvalue weighted by atomic mass is 16.5. The quantitative estimate of drug-likeness (QED) is 0.456. The highest BCUT2D eigenvalue weighted by Gasteiger charge is 2.16. The van der Waals surface area contributed by atoms with Gasteiger partial charge in [0.05, 0.1) is 27.4 Å². The maximum atomic E-state index is 11.8. The third-order valence-electron chi connectivity index (χ3n) is 2.68. The number of methoxy groups -OCH3 is 3. The highest BCUT2D eigenvalue weighted by Crippen LogP contribution is 2.38. The van der Waals surface area contributed by atoms with Crippen molar-refractivity contribution in [2.45, 2.75) is 20.0 Å². The minimum Gasteiger partial charge on any atom is -0.493 e. The molecule has 118 valence electrons. The van der Waals surface area contributed by atoms with E-state index in [4.69, 9.17) is 24.2 Å². The van der Waals surface area contributed by atoms with E-state index in [0.29, 0.717) is 22.8 Å². The third-order valence-corrected chi connectivity index (χ3v) is 2.68. The van der Waals surface area contributed by atoms with Gasteiger partial charge in [-0.05, 0) is 37.6 Å². The zero-order valence-corrected chi connectivity index (χ0v) is 13.3. The molecule has 0 heterocycles. The average molecular weight is 305 g/mol. The molecule has 6 nitrogen and oxygen atoms in total.